The van der Waals surface area contributed by atoms with Gasteiger partial charge < -0.3 is 25.0 Å². The molecule has 0 saturated carbocycles. The van der Waals surface area contributed by atoms with Crippen LogP contribution in [-0.2, 0) is 16.0 Å². The molecule has 0 aromatic heterocycles. The molecule has 27 heavy (non-hydrogen) atoms. The van der Waals surface area contributed by atoms with Gasteiger partial charge in [0.05, 0.1) is 12.0 Å². The summed E-state index contributed by atoms with van der Waals surface area (Å²) < 4.78 is 5.16. The Kier molecular flexibility index (Phi) is 7.40. The highest BCUT2D eigenvalue weighted by Gasteiger charge is 2.32. The predicted octanol–water partition coefficient (Wildman–Crippen LogP) is 0.407. The van der Waals surface area contributed by atoms with Gasteiger partial charge in [0.25, 0.3) is 5.91 Å². The van der Waals surface area contributed by atoms with Crippen molar-refractivity contribution < 1.29 is 24.4 Å². The summed E-state index contributed by atoms with van der Waals surface area (Å²) in [6.45, 7) is 3.85. The Bertz CT molecular complexity index is 719. The zero-order chi connectivity index (χ0) is 19.8. The molecule has 1 aliphatic heterocycles. The third-order valence-electron chi connectivity index (χ3n) is 4.40. The lowest BCUT2D eigenvalue weighted by Crippen LogP contribution is -2.49. The van der Waals surface area contributed by atoms with E-state index in [-0.39, 0.29) is 24.6 Å². The van der Waals surface area contributed by atoms with E-state index in [0.29, 0.717) is 13.0 Å². The molecule has 1 aromatic carbocycles. The summed E-state index contributed by atoms with van der Waals surface area (Å²) in [4.78, 5) is 25.6. The number of ether oxygens (including phenoxy) is 1. The Labute approximate surface area is 158 Å². The van der Waals surface area contributed by atoms with E-state index in [1.807, 2.05) is 30.3 Å². The molecule has 0 spiro atoms. The van der Waals surface area contributed by atoms with E-state index in [1.54, 1.807) is 6.07 Å². The molecule has 1 fully saturated rings. The molecule has 8 nitrogen and oxygen atoms in total. The number of alkyl carbamates (subject to hydrolysis) is 1. The van der Waals surface area contributed by atoms with Gasteiger partial charge in [0.1, 0.15) is 18.2 Å². The Hall–Kier alpha value is -2.83. The van der Waals surface area contributed by atoms with E-state index in [2.05, 4.69) is 11.9 Å². The van der Waals surface area contributed by atoms with Crippen molar-refractivity contribution in [2.24, 2.45) is 0 Å². The molecule has 0 aliphatic carbocycles. The monoisotopic (exact) mass is 371 g/mol. The van der Waals surface area contributed by atoms with Gasteiger partial charge in [-0.05, 0) is 24.8 Å². The lowest BCUT2D eigenvalue weighted by Gasteiger charge is -2.24. The average molecular weight is 371 g/mol. The van der Waals surface area contributed by atoms with Crippen LogP contribution in [-0.4, -0.2) is 59.2 Å². The second-order valence-electron chi connectivity index (χ2n) is 6.34. The molecular formula is C18H22BN3O5. The van der Waals surface area contributed by atoms with Crippen molar-refractivity contribution in [1.82, 2.24) is 10.2 Å². The number of carbonyl (C=O) groups excluding carboxylic acids is 2. The summed E-state index contributed by atoms with van der Waals surface area (Å²) in [6.07, 6.45) is 0.811. The molecule has 2 rings (SSSR count). The third kappa shape index (κ3) is 5.84. The van der Waals surface area contributed by atoms with E-state index in [0.717, 1.165) is 12.0 Å². The molecule has 142 valence electrons. The predicted molar refractivity (Wildman–Crippen MR) is 98.1 cm³/mol. The highest BCUT2D eigenvalue weighted by molar-refractivity contribution is 6.43. The molecule has 1 heterocycles. The van der Waals surface area contributed by atoms with Crippen LogP contribution in [0.15, 0.2) is 42.5 Å². The van der Waals surface area contributed by atoms with Gasteiger partial charge in [-0.2, -0.15) is 5.26 Å². The van der Waals surface area contributed by atoms with Crippen LogP contribution >= 0.6 is 0 Å². The summed E-state index contributed by atoms with van der Waals surface area (Å²) in [5.74, 6) is -1.39. The Morgan fingerprint density at radius 3 is 2.74 bits per heavy atom. The zero-order valence-corrected chi connectivity index (χ0v) is 14.9. The van der Waals surface area contributed by atoms with Crippen LogP contribution in [0.4, 0.5) is 4.79 Å². The number of carbonyl (C=O) groups is 2. The number of nitrogens with zero attached hydrogens (tertiary/aromatic N) is 2. The van der Waals surface area contributed by atoms with Gasteiger partial charge in [-0.1, -0.05) is 36.9 Å². The van der Waals surface area contributed by atoms with Crippen LogP contribution in [0.5, 0.6) is 0 Å². The molecule has 1 aromatic rings. The van der Waals surface area contributed by atoms with Crippen molar-refractivity contribution in [3.05, 3.63) is 48.0 Å². The van der Waals surface area contributed by atoms with Crippen molar-refractivity contribution >= 4 is 19.1 Å². The summed E-state index contributed by atoms with van der Waals surface area (Å²) in [5, 5.41) is 30.2. The summed E-state index contributed by atoms with van der Waals surface area (Å²) in [5.41, 5.74) is 0.677. The molecular weight excluding hydrogens is 349 g/mol. The molecule has 1 aliphatic rings. The lowest BCUT2D eigenvalue weighted by atomic mass is 9.76. The quantitative estimate of drug-likeness (QED) is 0.362. The normalized spacial score (nSPS) is 16.9. The maximum absolute atomic E-state index is 12.1. The van der Waals surface area contributed by atoms with Crippen molar-refractivity contribution in [2.75, 3.05) is 13.2 Å². The summed E-state index contributed by atoms with van der Waals surface area (Å²) in [6, 6.07) is 10.5. The topological polar surface area (TPSA) is 123 Å². The fraction of sp³-hybridized carbons (Fsp3) is 0.389. The molecule has 0 radical (unpaired) electrons. The maximum Gasteiger partial charge on any atom is 0.475 e. The van der Waals surface area contributed by atoms with E-state index >= 15 is 0 Å². The van der Waals surface area contributed by atoms with Gasteiger partial charge in [-0.25, -0.2) is 4.79 Å². The highest BCUT2D eigenvalue weighted by Crippen LogP contribution is 2.19. The van der Waals surface area contributed by atoms with Crippen LogP contribution in [0.3, 0.4) is 0 Å². The smallest absolute Gasteiger partial charge is 0.447 e. The summed E-state index contributed by atoms with van der Waals surface area (Å²) >= 11 is 0. The second kappa shape index (κ2) is 9.76. The minimum atomic E-state index is -1.75. The van der Waals surface area contributed by atoms with Gasteiger partial charge in [0, 0.05) is 6.54 Å². The standard InChI is InChI=1S/C18H22BN3O5/c1-13(11-20)17(23)22-9-5-8-15(22)12-27-18(24)21-16(19(25)26)10-14-6-3-2-4-7-14/h2-4,6-7,15-16,25-26H,1,5,8-10,12H2,(H,21,24)/t15-,16+/m1/s1. The number of amides is 2. The molecule has 2 amide bonds. The Morgan fingerprint density at radius 1 is 1.41 bits per heavy atom. The van der Waals surface area contributed by atoms with Gasteiger partial charge in [-0.3, -0.25) is 4.79 Å². The van der Waals surface area contributed by atoms with E-state index in [1.165, 1.54) is 4.90 Å². The molecule has 0 bridgehead atoms. The number of rotatable bonds is 7. The zero-order valence-electron chi connectivity index (χ0n) is 14.9. The number of nitriles is 1. The molecule has 9 heteroatoms. The number of likely N-dealkylation sites (tertiary alicyclic amines) is 1. The van der Waals surface area contributed by atoms with Crippen molar-refractivity contribution in [3.63, 3.8) is 0 Å². The highest BCUT2D eigenvalue weighted by atomic mass is 16.5. The fourth-order valence-corrected chi connectivity index (χ4v) is 2.96. The van der Waals surface area contributed by atoms with Crippen LogP contribution in [0.25, 0.3) is 0 Å². The number of hydrogen-bond acceptors (Lipinski definition) is 6. The van der Waals surface area contributed by atoms with Gasteiger partial charge in [0.15, 0.2) is 0 Å². The number of hydrogen-bond donors (Lipinski definition) is 3. The first-order valence-electron chi connectivity index (χ1n) is 8.65. The van der Waals surface area contributed by atoms with Crippen LogP contribution in [0, 0.1) is 11.3 Å². The average Bonchev–Trinajstić information content (AvgIpc) is 3.13. The second-order valence-corrected chi connectivity index (χ2v) is 6.34. The van der Waals surface area contributed by atoms with Gasteiger partial charge in [-0.15, -0.1) is 0 Å². The maximum atomic E-state index is 12.1. The molecule has 2 atom stereocenters. The minimum Gasteiger partial charge on any atom is -0.447 e. The van der Waals surface area contributed by atoms with Crippen LogP contribution in [0.1, 0.15) is 18.4 Å². The number of benzene rings is 1. The largest absolute Gasteiger partial charge is 0.475 e. The van der Waals surface area contributed by atoms with Gasteiger partial charge in [0.2, 0.25) is 0 Å². The van der Waals surface area contributed by atoms with Crippen LogP contribution < -0.4 is 5.32 Å². The van der Waals surface area contributed by atoms with Gasteiger partial charge >= 0.3 is 13.2 Å². The molecule has 3 N–H and O–H groups in total. The minimum absolute atomic E-state index is 0.0458. The van der Waals surface area contributed by atoms with Crippen molar-refractivity contribution in [3.8, 4) is 6.07 Å². The first kappa shape index (κ1) is 20.5. The first-order valence-corrected chi connectivity index (χ1v) is 8.65. The Balaban J connectivity index is 1.87. The third-order valence-corrected chi connectivity index (χ3v) is 4.40. The first-order chi connectivity index (χ1) is 12.9. The fourth-order valence-electron chi connectivity index (χ4n) is 2.96. The van der Waals surface area contributed by atoms with Crippen molar-refractivity contribution in [1.29, 1.82) is 5.26 Å². The van der Waals surface area contributed by atoms with E-state index in [9.17, 15) is 19.6 Å². The number of nitrogens with one attached hydrogen (secondary N) is 1. The van der Waals surface area contributed by atoms with E-state index in [4.69, 9.17) is 10.00 Å². The van der Waals surface area contributed by atoms with Crippen molar-refractivity contribution in [2.45, 2.75) is 31.2 Å². The van der Waals surface area contributed by atoms with Crippen LogP contribution in [0.2, 0.25) is 0 Å². The summed E-state index contributed by atoms with van der Waals surface area (Å²) in [7, 11) is -1.75. The Morgan fingerprint density at radius 2 is 2.11 bits per heavy atom. The molecule has 0 unspecified atom stereocenters. The SMILES string of the molecule is C=C(C#N)C(=O)N1CCC[C@@H]1COC(=O)N[C@@H](Cc1ccccc1)B(O)O. The molecule has 1 saturated heterocycles. The lowest BCUT2D eigenvalue weighted by molar-refractivity contribution is -0.128. The van der Waals surface area contributed by atoms with E-state index < -0.39 is 25.1 Å².